The van der Waals surface area contributed by atoms with E-state index in [2.05, 4.69) is 33.2 Å². The second-order valence-electron chi connectivity index (χ2n) is 3.35. The molecule has 78 valence electrons. The molecule has 1 rings (SSSR count). The molecule has 0 spiro atoms. The van der Waals surface area contributed by atoms with Crippen LogP contribution >= 0.6 is 15.9 Å². The van der Waals surface area contributed by atoms with Crippen molar-refractivity contribution in [3.05, 3.63) is 22.9 Å². The van der Waals surface area contributed by atoms with Gasteiger partial charge in [-0.3, -0.25) is 4.98 Å². The fourth-order valence-corrected chi connectivity index (χ4v) is 1.52. The van der Waals surface area contributed by atoms with Gasteiger partial charge in [-0.15, -0.1) is 0 Å². The van der Waals surface area contributed by atoms with Crippen LogP contribution < -0.4 is 5.32 Å². The number of aliphatic hydroxyl groups is 1. The van der Waals surface area contributed by atoms with Gasteiger partial charge in [-0.05, 0) is 34.3 Å². The molecule has 0 amide bonds. The molecule has 1 atom stereocenters. The average molecular weight is 259 g/mol. The first-order valence-corrected chi connectivity index (χ1v) is 5.47. The fourth-order valence-electron chi connectivity index (χ4n) is 1.13. The highest BCUT2D eigenvalue weighted by Gasteiger charge is 2.02. The van der Waals surface area contributed by atoms with Crippen LogP contribution in [0.15, 0.2) is 22.9 Å². The first-order chi connectivity index (χ1) is 6.74. The van der Waals surface area contributed by atoms with Gasteiger partial charge in [0.1, 0.15) is 0 Å². The SMILES string of the molecule is CC(CCO)CNc1ccncc1Br. The number of aliphatic hydroxyl groups excluding tert-OH is 1. The summed E-state index contributed by atoms with van der Waals surface area (Å²) in [7, 11) is 0. The van der Waals surface area contributed by atoms with Crippen LogP contribution in [0.25, 0.3) is 0 Å². The van der Waals surface area contributed by atoms with Crippen molar-refractivity contribution < 1.29 is 5.11 Å². The van der Waals surface area contributed by atoms with Crippen molar-refractivity contribution in [2.75, 3.05) is 18.5 Å². The van der Waals surface area contributed by atoms with Gasteiger partial charge in [0.2, 0.25) is 0 Å². The zero-order chi connectivity index (χ0) is 10.4. The number of hydrogen-bond acceptors (Lipinski definition) is 3. The number of pyridine rings is 1. The third-order valence-electron chi connectivity index (χ3n) is 2.04. The smallest absolute Gasteiger partial charge is 0.0590 e. The summed E-state index contributed by atoms with van der Waals surface area (Å²) in [6.45, 7) is 3.22. The number of hydrogen-bond donors (Lipinski definition) is 2. The number of nitrogens with one attached hydrogen (secondary N) is 1. The van der Waals surface area contributed by atoms with Crippen molar-refractivity contribution in [2.24, 2.45) is 5.92 Å². The van der Waals surface area contributed by atoms with E-state index < -0.39 is 0 Å². The van der Waals surface area contributed by atoms with E-state index in [1.165, 1.54) is 0 Å². The molecule has 3 nitrogen and oxygen atoms in total. The minimum absolute atomic E-state index is 0.250. The summed E-state index contributed by atoms with van der Waals surface area (Å²) >= 11 is 3.41. The van der Waals surface area contributed by atoms with Gasteiger partial charge >= 0.3 is 0 Å². The van der Waals surface area contributed by atoms with E-state index in [9.17, 15) is 0 Å². The molecule has 0 saturated heterocycles. The number of nitrogens with zero attached hydrogens (tertiary/aromatic N) is 1. The van der Waals surface area contributed by atoms with Crippen LogP contribution in [-0.2, 0) is 0 Å². The summed E-state index contributed by atoms with van der Waals surface area (Å²) < 4.78 is 0.969. The molecular formula is C10H15BrN2O. The zero-order valence-corrected chi connectivity index (χ0v) is 9.79. The van der Waals surface area contributed by atoms with Crippen LogP contribution in [0, 0.1) is 5.92 Å². The molecular weight excluding hydrogens is 244 g/mol. The van der Waals surface area contributed by atoms with Gasteiger partial charge in [0.05, 0.1) is 10.2 Å². The molecule has 0 aromatic carbocycles. The number of rotatable bonds is 5. The Morgan fingerprint density at radius 2 is 2.43 bits per heavy atom. The first kappa shape index (κ1) is 11.5. The van der Waals surface area contributed by atoms with Crippen LogP contribution in [0.5, 0.6) is 0 Å². The quantitative estimate of drug-likeness (QED) is 0.852. The molecule has 0 bridgehead atoms. The summed E-state index contributed by atoms with van der Waals surface area (Å²) in [4.78, 5) is 3.98. The molecule has 1 unspecified atom stereocenters. The highest BCUT2D eigenvalue weighted by atomic mass is 79.9. The molecule has 1 heterocycles. The summed E-state index contributed by atoms with van der Waals surface area (Å²) in [5.41, 5.74) is 1.05. The molecule has 14 heavy (non-hydrogen) atoms. The van der Waals surface area contributed by atoms with Crippen LogP contribution in [-0.4, -0.2) is 23.2 Å². The Balaban J connectivity index is 2.41. The van der Waals surface area contributed by atoms with Crippen molar-refractivity contribution in [1.29, 1.82) is 0 Å². The highest BCUT2D eigenvalue weighted by molar-refractivity contribution is 9.10. The van der Waals surface area contributed by atoms with Gasteiger partial charge in [0.15, 0.2) is 0 Å². The Hall–Kier alpha value is -0.610. The average Bonchev–Trinajstić information content (AvgIpc) is 2.17. The van der Waals surface area contributed by atoms with Crippen molar-refractivity contribution >= 4 is 21.6 Å². The molecule has 0 aliphatic rings. The van der Waals surface area contributed by atoms with E-state index in [-0.39, 0.29) is 6.61 Å². The Bertz CT molecular complexity index is 281. The predicted octanol–water partition coefficient (Wildman–Crippen LogP) is 2.27. The number of halogens is 1. The van der Waals surface area contributed by atoms with Crippen LogP contribution in [0.1, 0.15) is 13.3 Å². The summed E-state index contributed by atoms with van der Waals surface area (Å²) in [6.07, 6.45) is 4.35. The van der Waals surface area contributed by atoms with Crippen LogP contribution in [0.4, 0.5) is 5.69 Å². The minimum Gasteiger partial charge on any atom is -0.396 e. The maximum absolute atomic E-state index is 8.74. The lowest BCUT2D eigenvalue weighted by Gasteiger charge is -2.12. The van der Waals surface area contributed by atoms with Crippen LogP contribution in [0.3, 0.4) is 0 Å². The van der Waals surface area contributed by atoms with E-state index in [0.29, 0.717) is 5.92 Å². The Morgan fingerprint density at radius 1 is 1.64 bits per heavy atom. The monoisotopic (exact) mass is 258 g/mol. The fraction of sp³-hybridized carbons (Fsp3) is 0.500. The Labute approximate surface area is 92.7 Å². The van der Waals surface area contributed by atoms with Crippen molar-refractivity contribution in [3.8, 4) is 0 Å². The molecule has 0 aliphatic heterocycles. The van der Waals surface area contributed by atoms with E-state index in [4.69, 9.17) is 5.11 Å². The van der Waals surface area contributed by atoms with Gasteiger partial charge in [0.25, 0.3) is 0 Å². The van der Waals surface area contributed by atoms with Gasteiger partial charge in [-0.2, -0.15) is 0 Å². The zero-order valence-electron chi connectivity index (χ0n) is 8.20. The Kier molecular flexibility index (Phi) is 4.90. The summed E-state index contributed by atoms with van der Waals surface area (Å²) in [5.74, 6) is 0.472. The van der Waals surface area contributed by atoms with Crippen LogP contribution in [0.2, 0.25) is 0 Å². The topological polar surface area (TPSA) is 45.1 Å². The van der Waals surface area contributed by atoms with Gasteiger partial charge in [-0.25, -0.2) is 0 Å². The van der Waals surface area contributed by atoms with Gasteiger partial charge < -0.3 is 10.4 Å². The standard InChI is InChI=1S/C10H15BrN2O/c1-8(3-5-14)6-13-10-2-4-12-7-9(10)11/h2,4,7-8,14H,3,5-6H2,1H3,(H,12,13). The number of aromatic nitrogens is 1. The van der Waals surface area contributed by atoms with Crippen molar-refractivity contribution in [1.82, 2.24) is 4.98 Å². The second-order valence-corrected chi connectivity index (χ2v) is 4.21. The predicted molar refractivity (Wildman–Crippen MR) is 61.3 cm³/mol. The third-order valence-corrected chi connectivity index (χ3v) is 2.67. The molecule has 2 N–H and O–H groups in total. The molecule has 0 saturated carbocycles. The second kappa shape index (κ2) is 5.98. The Morgan fingerprint density at radius 3 is 3.07 bits per heavy atom. The lowest BCUT2D eigenvalue weighted by molar-refractivity contribution is 0.266. The van der Waals surface area contributed by atoms with Crippen molar-refractivity contribution in [2.45, 2.75) is 13.3 Å². The van der Waals surface area contributed by atoms with Gasteiger partial charge in [0, 0.05) is 25.5 Å². The largest absolute Gasteiger partial charge is 0.396 e. The maximum atomic E-state index is 8.74. The molecule has 4 heteroatoms. The minimum atomic E-state index is 0.250. The molecule has 1 aromatic heterocycles. The lowest BCUT2D eigenvalue weighted by Crippen LogP contribution is -2.12. The molecule has 1 aromatic rings. The van der Waals surface area contributed by atoms with E-state index >= 15 is 0 Å². The summed E-state index contributed by atoms with van der Waals surface area (Å²) in [5, 5.41) is 12.0. The molecule has 0 aliphatic carbocycles. The van der Waals surface area contributed by atoms with Crippen molar-refractivity contribution in [3.63, 3.8) is 0 Å². The van der Waals surface area contributed by atoms with E-state index in [1.807, 2.05) is 6.07 Å². The van der Waals surface area contributed by atoms with E-state index in [0.717, 1.165) is 23.1 Å². The molecule has 0 fully saturated rings. The number of anilines is 1. The third kappa shape index (κ3) is 3.64. The summed E-state index contributed by atoms with van der Waals surface area (Å²) in [6, 6.07) is 1.93. The van der Waals surface area contributed by atoms with Gasteiger partial charge in [-0.1, -0.05) is 6.92 Å². The normalized spacial score (nSPS) is 12.5. The first-order valence-electron chi connectivity index (χ1n) is 4.68. The highest BCUT2D eigenvalue weighted by Crippen LogP contribution is 2.20. The van der Waals surface area contributed by atoms with E-state index in [1.54, 1.807) is 12.4 Å². The maximum Gasteiger partial charge on any atom is 0.0590 e. The lowest BCUT2D eigenvalue weighted by atomic mass is 10.1. The molecule has 0 radical (unpaired) electrons.